The molecular weight excluding hydrogens is 162 g/mol. The molecule has 1 unspecified atom stereocenters. The van der Waals surface area contributed by atoms with Gasteiger partial charge in [-0.15, -0.1) is 18.0 Å². The minimum Gasteiger partial charge on any atom is -0.323 e. The molecule has 1 atom stereocenters. The van der Waals surface area contributed by atoms with Gasteiger partial charge in [0.05, 0.1) is 0 Å². The van der Waals surface area contributed by atoms with Gasteiger partial charge in [0, 0.05) is 0 Å². The summed E-state index contributed by atoms with van der Waals surface area (Å²) in [6.07, 6.45) is 4.74. The second-order valence-electron chi connectivity index (χ2n) is 1.23. The molecule has 0 amide bonds. The van der Waals surface area contributed by atoms with E-state index >= 15 is 0 Å². The van der Waals surface area contributed by atoms with Crippen molar-refractivity contribution in [1.29, 1.82) is 0 Å². The van der Waals surface area contributed by atoms with E-state index in [-0.39, 0.29) is 6.61 Å². The van der Waals surface area contributed by atoms with E-state index in [1.54, 1.807) is 0 Å². The topological polar surface area (TPSA) is 46.5 Å². The molecular formula is C4H6ClO3P. The van der Waals surface area contributed by atoms with Gasteiger partial charge in [-0.1, -0.05) is 5.92 Å². The Hall–Kier alpha value is 0. The largest absolute Gasteiger partial charge is 0.343 e. The van der Waals surface area contributed by atoms with Gasteiger partial charge in [0.1, 0.15) is 12.2 Å². The Labute approximate surface area is 58.5 Å². The smallest absolute Gasteiger partial charge is 0.323 e. The normalized spacial score (nSPS) is 16.1. The molecule has 0 aliphatic heterocycles. The Morgan fingerprint density at radius 1 is 1.89 bits per heavy atom. The van der Waals surface area contributed by atoms with Gasteiger partial charge >= 0.3 is 7.60 Å². The van der Waals surface area contributed by atoms with Crippen LogP contribution in [0.2, 0.25) is 0 Å². The number of alkyl halides is 1. The van der Waals surface area contributed by atoms with Crippen LogP contribution in [0.5, 0.6) is 0 Å². The van der Waals surface area contributed by atoms with E-state index in [1.165, 1.54) is 0 Å². The van der Waals surface area contributed by atoms with Crippen molar-refractivity contribution in [3.63, 3.8) is 0 Å². The molecule has 9 heavy (non-hydrogen) atoms. The van der Waals surface area contributed by atoms with Gasteiger partial charge < -0.3 is 4.89 Å². The van der Waals surface area contributed by atoms with Crippen molar-refractivity contribution in [1.82, 2.24) is 0 Å². The lowest BCUT2D eigenvalue weighted by atomic mass is 10.8. The highest BCUT2D eigenvalue weighted by Crippen LogP contribution is 2.42. The van der Waals surface area contributed by atoms with Crippen molar-refractivity contribution in [2.24, 2.45) is 0 Å². The molecule has 0 saturated heterocycles. The number of hydrogen-bond donors (Lipinski definition) is 1. The maximum Gasteiger partial charge on any atom is 0.343 e. The minimum absolute atomic E-state index is 0.180. The van der Waals surface area contributed by atoms with Crippen LogP contribution in [0.3, 0.4) is 0 Å². The summed E-state index contributed by atoms with van der Waals surface area (Å²) in [5.74, 6) is 2.05. The van der Waals surface area contributed by atoms with Crippen LogP contribution in [0.4, 0.5) is 0 Å². The summed E-state index contributed by atoms with van der Waals surface area (Å²) in [6, 6.07) is 0. The second kappa shape index (κ2) is 3.92. The van der Waals surface area contributed by atoms with Gasteiger partial charge in [-0.25, -0.2) is 0 Å². The highest BCUT2D eigenvalue weighted by molar-refractivity contribution is 7.54. The molecule has 0 rings (SSSR count). The van der Waals surface area contributed by atoms with E-state index in [0.717, 1.165) is 0 Å². The van der Waals surface area contributed by atoms with Crippen LogP contribution in [-0.4, -0.2) is 17.1 Å². The van der Waals surface area contributed by atoms with Gasteiger partial charge in [0.25, 0.3) is 0 Å². The van der Waals surface area contributed by atoms with E-state index in [9.17, 15) is 4.57 Å². The molecule has 0 aliphatic rings. The standard InChI is InChI=1S/C4H6ClO3P/c1-2-3-8-9(6,7)4-5/h1H,3-4H2,(H,6,7). The molecule has 52 valence electrons. The Morgan fingerprint density at radius 3 is 2.78 bits per heavy atom. The zero-order valence-corrected chi connectivity index (χ0v) is 6.23. The van der Waals surface area contributed by atoms with Crippen molar-refractivity contribution in [2.45, 2.75) is 0 Å². The Balaban J connectivity index is 3.63. The first-order valence-corrected chi connectivity index (χ1v) is 4.38. The average molecular weight is 169 g/mol. The third-order valence-corrected chi connectivity index (χ3v) is 2.24. The third kappa shape index (κ3) is 4.50. The molecule has 0 aromatic rings. The molecule has 1 N–H and O–H groups in total. The van der Waals surface area contributed by atoms with Gasteiger partial charge in [0.15, 0.2) is 0 Å². The summed E-state index contributed by atoms with van der Waals surface area (Å²) in [5.41, 5.74) is -0.422. The molecule has 0 aliphatic carbocycles. The Kier molecular flexibility index (Phi) is 3.92. The molecule has 0 saturated carbocycles. The molecule has 0 heterocycles. The van der Waals surface area contributed by atoms with Crippen molar-refractivity contribution in [3.8, 4) is 12.3 Å². The van der Waals surface area contributed by atoms with Crippen molar-refractivity contribution < 1.29 is 14.0 Å². The van der Waals surface area contributed by atoms with Gasteiger partial charge in [-0.2, -0.15) is 0 Å². The molecule has 0 bridgehead atoms. The van der Waals surface area contributed by atoms with E-state index < -0.39 is 13.2 Å². The SMILES string of the molecule is C#CCOP(=O)(O)CCl. The molecule has 0 fully saturated rings. The second-order valence-corrected chi connectivity index (χ2v) is 3.72. The van der Waals surface area contributed by atoms with Gasteiger partial charge in [0.2, 0.25) is 0 Å². The summed E-state index contributed by atoms with van der Waals surface area (Å²) in [4.78, 5) is 8.56. The first-order chi connectivity index (χ1) is 4.12. The zero-order chi connectivity index (χ0) is 7.33. The summed E-state index contributed by atoms with van der Waals surface area (Å²) in [6.45, 7) is -0.180. The molecule has 0 spiro atoms. The van der Waals surface area contributed by atoms with Crippen LogP contribution in [0.1, 0.15) is 0 Å². The van der Waals surface area contributed by atoms with E-state index in [1.807, 2.05) is 5.92 Å². The van der Waals surface area contributed by atoms with Crippen molar-refractivity contribution in [3.05, 3.63) is 0 Å². The van der Waals surface area contributed by atoms with E-state index in [2.05, 4.69) is 4.52 Å². The fourth-order valence-corrected chi connectivity index (χ4v) is 0.725. The molecule has 3 nitrogen and oxygen atoms in total. The van der Waals surface area contributed by atoms with Crippen molar-refractivity contribution in [2.75, 3.05) is 12.2 Å². The number of halogens is 1. The molecule has 0 aromatic heterocycles. The summed E-state index contributed by atoms with van der Waals surface area (Å²) >= 11 is 5.02. The fourth-order valence-electron chi connectivity index (χ4n) is 0.173. The Bertz CT molecular complexity index is 162. The summed E-state index contributed by atoms with van der Waals surface area (Å²) < 4.78 is 14.7. The van der Waals surface area contributed by atoms with Crippen LogP contribution in [-0.2, 0) is 9.09 Å². The van der Waals surface area contributed by atoms with Gasteiger partial charge in [-0.3, -0.25) is 9.09 Å². The first-order valence-electron chi connectivity index (χ1n) is 2.08. The van der Waals surface area contributed by atoms with Crippen LogP contribution in [0.25, 0.3) is 0 Å². The van der Waals surface area contributed by atoms with Gasteiger partial charge in [-0.05, 0) is 0 Å². The van der Waals surface area contributed by atoms with Crippen LogP contribution < -0.4 is 0 Å². The monoisotopic (exact) mass is 168 g/mol. The third-order valence-electron chi connectivity index (χ3n) is 0.501. The predicted molar refractivity (Wildman–Crippen MR) is 35.3 cm³/mol. The lowest BCUT2D eigenvalue weighted by molar-refractivity contribution is 0.296. The van der Waals surface area contributed by atoms with Crippen LogP contribution >= 0.6 is 19.2 Å². The predicted octanol–water partition coefficient (Wildman–Crippen LogP) is 1.02. The number of rotatable bonds is 3. The van der Waals surface area contributed by atoms with E-state index in [4.69, 9.17) is 22.9 Å². The molecule has 0 aromatic carbocycles. The lowest BCUT2D eigenvalue weighted by Crippen LogP contribution is -1.89. The van der Waals surface area contributed by atoms with Crippen molar-refractivity contribution >= 4 is 19.2 Å². The van der Waals surface area contributed by atoms with Crippen LogP contribution in [0, 0.1) is 12.3 Å². The zero-order valence-electron chi connectivity index (χ0n) is 4.58. The molecule has 5 heteroatoms. The first kappa shape index (κ1) is 9.00. The highest BCUT2D eigenvalue weighted by Gasteiger charge is 2.15. The quantitative estimate of drug-likeness (QED) is 0.389. The maximum atomic E-state index is 10.4. The minimum atomic E-state index is -3.57. The Morgan fingerprint density at radius 2 is 2.44 bits per heavy atom. The van der Waals surface area contributed by atoms with E-state index in [0.29, 0.717) is 0 Å². The molecule has 0 radical (unpaired) electrons. The average Bonchev–Trinajstić information content (AvgIpc) is 1.84. The fraction of sp³-hybridized carbons (Fsp3) is 0.500. The number of terminal acetylenes is 1. The summed E-state index contributed by atoms with van der Waals surface area (Å²) in [5, 5.41) is 0. The highest BCUT2D eigenvalue weighted by atomic mass is 35.5. The summed E-state index contributed by atoms with van der Waals surface area (Å²) in [7, 11) is -3.57. The maximum absolute atomic E-state index is 10.4. The van der Waals surface area contributed by atoms with Crippen LogP contribution in [0.15, 0.2) is 0 Å². The lowest BCUT2D eigenvalue weighted by Gasteiger charge is -2.03. The number of hydrogen-bond acceptors (Lipinski definition) is 2.